The first-order valence-corrected chi connectivity index (χ1v) is 42.0. The summed E-state index contributed by atoms with van der Waals surface area (Å²) in [5, 5.41) is 10.6. The molecule has 17 nitrogen and oxygen atoms in total. The van der Waals surface area contributed by atoms with Crippen molar-refractivity contribution in [1.82, 2.24) is 0 Å². The van der Waals surface area contributed by atoms with Crippen LogP contribution in [0, 0.1) is 0 Å². The average Bonchev–Trinajstić information content (AvgIpc) is 0.939. The van der Waals surface area contributed by atoms with Crippen LogP contribution >= 0.6 is 15.6 Å². The highest BCUT2D eigenvalue weighted by Crippen LogP contribution is 2.45. The Morgan fingerprint density at radius 1 is 0.279 bits per heavy atom. The molecule has 0 amide bonds. The summed E-state index contributed by atoms with van der Waals surface area (Å²) in [6.07, 6.45) is 90.4. The molecule has 0 saturated carbocycles. The number of aliphatic hydroxyl groups is 1. The zero-order valence-electron chi connectivity index (χ0n) is 64.1. The molecule has 0 saturated heterocycles. The lowest BCUT2D eigenvalue weighted by Crippen LogP contribution is -2.30. The Kier molecular flexibility index (Phi) is 71.2. The second-order valence-corrected chi connectivity index (χ2v) is 28.1. The number of rotatable bonds is 71. The molecule has 19 heteroatoms. The van der Waals surface area contributed by atoms with Gasteiger partial charge in [-0.15, -0.1) is 0 Å². The molecule has 0 aromatic carbocycles. The van der Waals surface area contributed by atoms with E-state index in [0.29, 0.717) is 38.5 Å². The fourth-order valence-corrected chi connectivity index (χ4v) is 11.1. The minimum atomic E-state index is -5.01. The number of phosphoric ester groups is 2. The first-order chi connectivity index (χ1) is 50.7. The second-order valence-electron chi connectivity index (χ2n) is 25.1. The number of carbonyl (C=O) groups is 4. The van der Waals surface area contributed by atoms with Crippen LogP contribution < -0.4 is 0 Å². The third kappa shape index (κ3) is 74.4. The molecule has 104 heavy (non-hydrogen) atoms. The van der Waals surface area contributed by atoms with Crippen molar-refractivity contribution in [3.05, 3.63) is 182 Å². The highest BCUT2D eigenvalue weighted by molar-refractivity contribution is 7.47. The van der Waals surface area contributed by atoms with E-state index in [-0.39, 0.29) is 25.7 Å². The average molecular weight is 1490 g/mol. The molecule has 0 aliphatic rings. The van der Waals surface area contributed by atoms with Gasteiger partial charge in [0.1, 0.15) is 19.3 Å². The van der Waals surface area contributed by atoms with E-state index in [1.807, 2.05) is 12.2 Å². The van der Waals surface area contributed by atoms with E-state index in [4.69, 9.17) is 37.0 Å². The molecule has 0 rings (SSSR count). The summed E-state index contributed by atoms with van der Waals surface area (Å²) in [5.74, 6) is -2.36. The van der Waals surface area contributed by atoms with Crippen molar-refractivity contribution in [1.29, 1.82) is 0 Å². The summed E-state index contributed by atoms with van der Waals surface area (Å²) in [7, 11) is -10.0. The number of aliphatic hydroxyl groups excluding tert-OH is 1. The lowest BCUT2D eigenvalue weighted by Gasteiger charge is -2.21. The van der Waals surface area contributed by atoms with E-state index in [1.165, 1.54) is 25.7 Å². The lowest BCUT2D eigenvalue weighted by atomic mass is 10.1. The van der Waals surface area contributed by atoms with Gasteiger partial charge >= 0.3 is 39.5 Å². The smallest absolute Gasteiger partial charge is 0.462 e. The van der Waals surface area contributed by atoms with Crippen LogP contribution in [0.5, 0.6) is 0 Å². The summed E-state index contributed by atoms with van der Waals surface area (Å²) in [4.78, 5) is 72.9. The van der Waals surface area contributed by atoms with Crippen LogP contribution in [0.1, 0.15) is 272 Å². The van der Waals surface area contributed by atoms with E-state index < -0.39 is 97.5 Å². The monoisotopic (exact) mass is 1490 g/mol. The largest absolute Gasteiger partial charge is 0.472 e. The first kappa shape index (κ1) is 98.2. The Balaban J connectivity index is 5.49. The SMILES string of the molecule is CC/C=C\C/C=C\C/C=C\C/C=C\C/C=C\CCCCCC(=O)OCC(COP(=O)(O)OCC(O)COP(=O)(O)OCC(COC(=O)CCC/C=C\C/C=C\C/C=C\C/C=C\C/C=C\CC)OC(=O)CCCC/C=C\C/C=C\C/C=C\C/C=C\CC)OC(=O)CCCCCCC/C=C\CCCCCC. The van der Waals surface area contributed by atoms with Gasteiger partial charge in [-0.3, -0.25) is 37.3 Å². The van der Waals surface area contributed by atoms with Gasteiger partial charge in [-0.25, -0.2) is 9.13 Å². The molecule has 3 N–H and O–H groups in total. The van der Waals surface area contributed by atoms with E-state index in [2.05, 4.69) is 198 Å². The van der Waals surface area contributed by atoms with Crippen molar-refractivity contribution in [3.63, 3.8) is 0 Å². The zero-order valence-corrected chi connectivity index (χ0v) is 65.9. The molecule has 0 fully saturated rings. The molecule has 588 valence electrons. The van der Waals surface area contributed by atoms with Crippen LogP contribution in [-0.4, -0.2) is 96.7 Å². The molecule has 0 aliphatic carbocycles. The quantitative estimate of drug-likeness (QED) is 0.0169. The Labute approximate surface area is 628 Å². The summed E-state index contributed by atoms with van der Waals surface area (Å²) in [6.45, 7) is 4.32. The maximum absolute atomic E-state index is 13.1. The Morgan fingerprint density at radius 2 is 0.510 bits per heavy atom. The van der Waals surface area contributed by atoms with Crippen molar-refractivity contribution in [3.8, 4) is 0 Å². The Morgan fingerprint density at radius 3 is 0.846 bits per heavy atom. The van der Waals surface area contributed by atoms with E-state index in [1.54, 1.807) is 0 Å². The standard InChI is InChI=1S/C85H136O17P2/c1-5-9-13-17-21-25-29-33-36-38-39-41-44-47-50-54-58-62-66-70-83(88)95-75-80(101-84(89)71-67-63-59-55-51-45-32-28-24-20-16-12-8-4)77-99-103(91,92)97-73-79(86)74-98-104(93,94)100-78-81(102-85(90)72-68-64-60-56-52-48-42-35-31-27-23-19-15-11-7-3)76-96-82(87)69-65-61-57-53-49-46-43-40-37-34-30-26-22-18-14-10-6-2/h9-11,13-15,21-23,25-28,32-37,39,41-43,46-47,50,52-53,56-57,79-81,86H,5-8,12,16-20,24,29-31,38,40,44-45,48-49,51,54-55,58-78H2,1-4H3,(H,91,92)(H,93,94)/b13-9-,14-10-,15-11-,25-21-,26-22-,27-23-,32-28-,36-33-,37-34-,41-39-,42-35-,46-43-,50-47-,56-52-,57-53-. The van der Waals surface area contributed by atoms with Crippen molar-refractivity contribution < 1.29 is 80.2 Å². The maximum Gasteiger partial charge on any atom is 0.472 e. The number of esters is 4. The molecule has 0 heterocycles. The fraction of sp³-hybridized carbons (Fsp3) is 0.600. The fourth-order valence-electron chi connectivity index (χ4n) is 9.50. The predicted octanol–water partition coefficient (Wildman–Crippen LogP) is 22.8. The summed E-state index contributed by atoms with van der Waals surface area (Å²) < 4.78 is 68.4. The molecular formula is C85H136O17P2. The third-order valence-corrected chi connectivity index (χ3v) is 17.2. The maximum atomic E-state index is 13.1. The molecule has 0 aromatic heterocycles. The van der Waals surface area contributed by atoms with Crippen molar-refractivity contribution in [2.45, 2.75) is 290 Å². The van der Waals surface area contributed by atoms with Crippen LogP contribution in [0.3, 0.4) is 0 Å². The molecule has 0 aromatic rings. The van der Waals surface area contributed by atoms with Crippen LogP contribution in [0.2, 0.25) is 0 Å². The summed E-state index contributed by atoms with van der Waals surface area (Å²) in [5.41, 5.74) is 0. The first-order valence-electron chi connectivity index (χ1n) is 39.0. The molecule has 0 bridgehead atoms. The van der Waals surface area contributed by atoms with Crippen LogP contribution in [0.25, 0.3) is 0 Å². The van der Waals surface area contributed by atoms with Crippen LogP contribution in [0.15, 0.2) is 182 Å². The number of hydrogen-bond donors (Lipinski definition) is 3. The molecule has 0 spiro atoms. The van der Waals surface area contributed by atoms with Gasteiger partial charge in [0.25, 0.3) is 0 Å². The van der Waals surface area contributed by atoms with E-state index in [0.717, 1.165) is 154 Å². The Hall–Kier alpha value is -5.84. The van der Waals surface area contributed by atoms with Gasteiger partial charge in [-0.2, -0.15) is 0 Å². The normalized spacial score (nSPS) is 14.9. The zero-order chi connectivity index (χ0) is 76.0. The van der Waals surface area contributed by atoms with Gasteiger partial charge in [0.15, 0.2) is 12.2 Å². The predicted molar refractivity (Wildman–Crippen MR) is 426 cm³/mol. The van der Waals surface area contributed by atoms with Crippen molar-refractivity contribution in [2.24, 2.45) is 0 Å². The van der Waals surface area contributed by atoms with E-state index >= 15 is 0 Å². The highest BCUT2D eigenvalue weighted by atomic mass is 31.2. The van der Waals surface area contributed by atoms with Crippen molar-refractivity contribution in [2.75, 3.05) is 39.6 Å². The summed E-state index contributed by atoms with van der Waals surface area (Å²) in [6, 6.07) is 0. The van der Waals surface area contributed by atoms with Crippen LogP contribution in [-0.2, 0) is 65.4 Å². The molecular weight excluding hydrogens is 1350 g/mol. The second kappa shape index (κ2) is 75.4. The number of carbonyl (C=O) groups excluding carboxylic acids is 4. The number of ether oxygens (including phenoxy) is 4. The Bertz CT molecular complexity index is 2690. The van der Waals surface area contributed by atoms with Gasteiger partial charge in [-0.05, 0) is 173 Å². The minimum absolute atomic E-state index is 0.0226. The van der Waals surface area contributed by atoms with Gasteiger partial charge in [-0.1, -0.05) is 255 Å². The third-order valence-electron chi connectivity index (χ3n) is 15.3. The van der Waals surface area contributed by atoms with Gasteiger partial charge in [0.05, 0.1) is 26.4 Å². The number of phosphoric acid groups is 2. The van der Waals surface area contributed by atoms with Gasteiger partial charge in [0, 0.05) is 25.7 Å². The molecule has 5 atom stereocenters. The minimum Gasteiger partial charge on any atom is -0.462 e. The van der Waals surface area contributed by atoms with Gasteiger partial charge < -0.3 is 33.8 Å². The van der Waals surface area contributed by atoms with E-state index in [9.17, 15) is 43.2 Å². The molecule has 0 aliphatic heterocycles. The van der Waals surface area contributed by atoms with Crippen molar-refractivity contribution >= 4 is 39.5 Å². The highest BCUT2D eigenvalue weighted by Gasteiger charge is 2.30. The topological polar surface area (TPSA) is 237 Å². The molecule has 0 radical (unpaired) electrons. The lowest BCUT2D eigenvalue weighted by molar-refractivity contribution is -0.161. The number of hydrogen-bond acceptors (Lipinski definition) is 15. The van der Waals surface area contributed by atoms with Crippen LogP contribution in [0.4, 0.5) is 0 Å². The number of allylic oxidation sites excluding steroid dienone is 30. The number of unbranched alkanes of at least 4 members (excludes halogenated alkanes) is 15. The van der Waals surface area contributed by atoms with Gasteiger partial charge in [0.2, 0.25) is 0 Å². The summed E-state index contributed by atoms with van der Waals surface area (Å²) >= 11 is 0. The molecule has 5 unspecified atom stereocenters.